The van der Waals surface area contributed by atoms with E-state index in [-0.39, 0.29) is 17.9 Å². The van der Waals surface area contributed by atoms with Gasteiger partial charge in [-0.2, -0.15) is 9.90 Å². The van der Waals surface area contributed by atoms with E-state index in [4.69, 9.17) is 0 Å². The molecule has 0 saturated heterocycles. The van der Waals surface area contributed by atoms with Gasteiger partial charge in [-0.15, -0.1) is 10.2 Å². The quantitative estimate of drug-likeness (QED) is 0.928. The zero-order valence-corrected chi connectivity index (χ0v) is 14.6. The Bertz CT molecular complexity index is 691. The SMILES string of the molecule is CC(C)(C)c1nnn(CC(=O)Nc2ccnn2C2CCCCC2)n1. The second-order valence-corrected chi connectivity index (χ2v) is 7.39. The highest BCUT2D eigenvalue weighted by atomic mass is 16.2. The maximum atomic E-state index is 12.3. The van der Waals surface area contributed by atoms with Crippen LogP contribution in [0.2, 0.25) is 0 Å². The van der Waals surface area contributed by atoms with Crippen LogP contribution in [0.5, 0.6) is 0 Å². The van der Waals surface area contributed by atoms with Crippen molar-refractivity contribution in [1.29, 1.82) is 0 Å². The number of nitrogens with zero attached hydrogens (tertiary/aromatic N) is 6. The van der Waals surface area contributed by atoms with Crippen LogP contribution in [0.25, 0.3) is 0 Å². The molecule has 130 valence electrons. The molecule has 1 saturated carbocycles. The molecule has 0 aromatic carbocycles. The number of aromatic nitrogens is 6. The van der Waals surface area contributed by atoms with E-state index in [1.807, 2.05) is 31.5 Å². The Kier molecular flexibility index (Phi) is 4.64. The minimum atomic E-state index is -0.186. The molecule has 0 radical (unpaired) electrons. The van der Waals surface area contributed by atoms with Gasteiger partial charge in [0.15, 0.2) is 5.82 Å². The largest absolute Gasteiger partial charge is 0.309 e. The Morgan fingerprint density at radius 3 is 2.71 bits per heavy atom. The van der Waals surface area contributed by atoms with Crippen molar-refractivity contribution in [3.63, 3.8) is 0 Å². The number of amides is 1. The molecular weight excluding hydrogens is 306 g/mol. The lowest BCUT2D eigenvalue weighted by Gasteiger charge is -2.23. The van der Waals surface area contributed by atoms with Gasteiger partial charge >= 0.3 is 0 Å². The van der Waals surface area contributed by atoms with E-state index in [2.05, 4.69) is 25.8 Å². The summed E-state index contributed by atoms with van der Waals surface area (Å²) in [6, 6.07) is 2.21. The fourth-order valence-corrected chi connectivity index (χ4v) is 2.95. The van der Waals surface area contributed by atoms with Gasteiger partial charge < -0.3 is 5.32 Å². The molecule has 2 aromatic rings. The molecule has 1 aliphatic carbocycles. The van der Waals surface area contributed by atoms with Crippen molar-refractivity contribution in [1.82, 2.24) is 30.0 Å². The fraction of sp³-hybridized carbons (Fsp3) is 0.688. The molecule has 2 heterocycles. The molecule has 0 unspecified atom stereocenters. The van der Waals surface area contributed by atoms with Gasteiger partial charge in [-0.3, -0.25) is 4.79 Å². The van der Waals surface area contributed by atoms with Crippen LogP contribution in [0.15, 0.2) is 12.3 Å². The van der Waals surface area contributed by atoms with E-state index < -0.39 is 0 Å². The second kappa shape index (κ2) is 6.70. The summed E-state index contributed by atoms with van der Waals surface area (Å²) in [6.07, 6.45) is 7.68. The van der Waals surface area contributed by atoms with Crippen LogP contribution in [0.1, 0.15) is 64.7 Å². The number of tetrazole rings is 1. The first-order valence-electron chi connectivity index (χ1n) is 8.55. The second-order valence-electron chi connectivity index (χ2n) is 7.39. The number of hydrogen-bond acceptors (Lipinski definition) is 5. The monoisotopic (exact) mass is 331 g/mol. The molecule has 0 bridgehead atoms. The molecule has 8 heteroatoms. The molecule has 0 aliphatic heterocycles. The van der Waals surface area contributed by atoms with Gasteiger partial charge in [-0.05, 0) is 18.1 Å². The summed E-state index contributed by atoms with van der Waals surface area (Å²) in [4.78, 5) is 13.6. The Balaban J connectivity index is 1.63. The number of rotatable bonds is 4. The van der Waals surface area contributed by atoms with Crippen LogP contribution < -0.4 is 5.32 Å². The van der Waals surface area contributed by atoms with Gasteiger partial charge in [0.1, 0.15) is 12.4 Å². The maximum Gasteiger partial charge on any atom is 0.249 e. The average molecular weight is 331 g/mol. The number of nitrogens with one attached hydrogen (secondary N) is 1. The summed E-state index contributed by atoms with van der Waals surface area (Å²) in [5, 5.41) is 19.5. The van der Waals surface area contributed by atoms with Crippen LogP contribution in [0.3, 0.4) is 0 Å². The summed E-state index contributed by atoms with van der Waals surface area (Å²) in [5.74, 6) is 1.19. The van der Waals surface area contributed by atoms with E-state index in [1.165, 1.54) is 24.1 Å². The zero-order valence-electron chi connectivity index (χ0n) is 14.6. The van der Waals surface area contributed by atoms with Gasteiger partial charge in [-0.25, -0.2) is 4.68 Å². The predicted molar refractivity (Wildman–Crippen MR) is 89.5 cm³/mol. The summed E-state index contributed by atoms with van der Waals surface area (Å²) in [7, 11) is 0. The molecule has 24 heavy (non-hydrogen) atoms. The Morgan fingerprint density at radius 1 is 1.29 bits per heavy atom. The van der Waals surface area contributed by atoms with E-state index in [1.54, 1.807) is 6.20 Å². The first-order valence-corrected chi connectivity index (χ1v) is 8.55. The number of carbonyl (C=O) groups excluding carboxylic acids is 1. The lowest BCUT2D eigenvalue weighted by atomic mass is 9.96. The molecule has 1 amide bonds. The minimum absolute atomic E-state index is 0.0406. The highest BCUT2D eigenvalue weighted by Crippen LogP contribution is 2.29. The number of carbonyl (C=O) groups is 1. The standard InChI is InChI=1S/C16H25N7O/c1-16(2,3)15-19-21-22(20-15)11-14(24)18-13-9-10-17-23(13)12-7-5-4-6-8-12/h9-10,12H,4-8,11H2,1-3H3,(H,18,24). The lowest BCUT2D eigenvalue weighted by Crippen LogP contribution is -2.24. The van der Waals surface area contributed by atoms with Gasteiger partial charge in [-0.1, -0.05) is 40.0 Å². The van der Waals surface area contributed by atoms with E-state index in [0.29, 0.717) is 11.9 Å². The van der Waals surface area contributed by atoms with Crippen LogP contribution in [0, 0.1) is 0 Å². The van der Waals surface area contributed by atoms with Crippen molar-refractivity contribution in [2.75, 3.05) is 5.32 Å². The third kappa shape index (κ3) is 3.80. The Hall–Kier alpha value is -2.25. The molecular formula is C16H25N7O. The maximum absolute atomic E-state index is 12.3. The molecule has 8 nitrogen and oxygen atoms in total. The molecule has 1 aliphatic rings. The van der Waals surface area contributed by atoms with Crippen molar-refractivity contribution in [3.8, 4) is 0 Å². The summed E-state index contributed by atoms with van der Waals surface area (Å²) < 4.78 is 1.94. The highest BCUT2D eigenvalue weighted by molar-refractivity contribution is 5.89. The van der Waals surface area contributed by atoms with Crippen LogP contribution in [-0.4, -0.2) is 35.9 Å². The molecule has 1 N–H and O–H groups in total. The molecule has 3 rings (SSSR count). The zero-order chi connectivity index (χ0) is 17.2. The average Bonchev–Trinajstić information content (AvgIpc) is 3.17. The van der Waals surface area contributed by atoms with Crippen LogP contribution >= 0.6 is 0 Å². The third-order valence-electron chi connectivity index (χ3n) is 4.27. The van der Waals surface area contributed by atoms with E-state index in [9.17, 15) is 4.79 Å². The van der Waals surface area contributed by atoms with Gasteiger partial charge in [0, 0.05) is 11.5 Å². The molecule has 2 aromatic heterocycles. The van der Waals surface area contributed by atoms with Crippen molar-refractivity contribution >= 4 is 11.7 Å². The first kappa shape index (κ1) is 16.6. The number of hydrogen-bond donors (Lipinski definition) is 1. The first-order chi connectivity index (χ1) is 11.4. The van der Waals surface area contributed by atoms with Crippen molar-refractivity contribution in [2.24, 2.45) is 0 Å². The molecule has 0 spiro atoms. The lowest BCUT2D eigenvalue weighted by molar-refractivity contribution is -0.117. The highest BCUT2D eigenvalue weighted by Gasteiger charge is 2.22. The van der Waals surface area contributed by atoms with Crippen LogP contribution in [-0.2, 0) is 16.8 Å². The van der Waals surface area contributed by atoms with E-state index >= 15 is 0 Å². The summed E-state index contributed by atoms with van der Waals surface area (Å²) in [5.41, 5.74) is -0.186. The Labute approximate surface area is 141 Å². The fourth-order valence-electron chi connectivity index (χ4n) is 2.95. The van der Waals surface area contributed by atoms with Crippen molar-refractivity contribution < 1.29 is 4.79 Å². The normalized spacial score (nSPS) is 16.3. The van der Waals surface area contributed by atoms with Crippen molar-refractivity contribution in [3.05, 3.63) is 18.1 Å². The summed E-state index contributed by atoms with van der Waals surface area (Å²) in [6.45, 7) is 6.07. The third-order valence-corrected chi connectivity index (χ3v) is 4.27. The van der Waals surface area contributed by atoms with Crippen molar-refractivity contribution in [2.45, 2.75) is 70.9 Å². The van der Waals surface area contributed by atoms with Gasteiger partial charge in [0.25, 0.3) is 0 Å². The van der Waals surface area contributed by atoms with Gasteiger partial charge in [0.2, 0.25) is 5.91 Å². The van der Waals surface area contributed by atoms with Crippen LogP contribution in [0.4, 0.5) is 5.82 Å². The topological polar surface area (TPSA) is 90.5 Å². The predicted octanol–water partition coefficient (Wildman–Crippen LogP) is 2.31. The molecule has 0 atom stereocenters. The Morgan fingerprint density at radius 2 is 2.04 bits per heavy atom. The van der Waals surface area contributed by atoms with E-state index in [0.717, 1.165) is 18.7 Å². The van der Waals surface area contributed by atoms with Gasteiger partial charge in [0.05, 0.1) is 12.2 Å². The smallest absolute Gasteiger partial charge is 0.249 e. The summed E-state index contributed by atoms with van der Waals surface area (Å²) >= 11 is 0. The number of anilines is 1. The minimum Gasteiger partial charge on any atom is -0.309 e. The molecule has 1 fully saturated rings.